The maximum Gasteiger partial charge on any atom is 0.219 e. The van der Waals surface area contributed by atoms with Crippen LogP contribution in [0.3, 0.4) is 0 Å². The Labute approximate surface area is 220 Å². The first-order chi connectivity index (χ1) is 18.4. The second-order valence-electron chi connectivity index (χ2n) is 8.72. The number of ether oxygens (including phenoxy) is 2. The Morgan fingerprint density at radius 2 is 1.84 bits per heavy atom. The van der Waals surface area contributed by atoms with E-state index in [4.69, 9.17) is 15.2 Å². The number of nitrogens with one attached hydrogen (secondary N) is 1. The number of aryl methyl sites for hydroxylation is 2. The molecule has 0 aliphatic rings. The third-order valence-corrected chi connectivity index (χ3v) is 6.23. The molecule has 0 fully saturated rings. The zero-order valence-electron chi connectivity index (χ0n) is 21.3. The summed E-state index contributed by atoms with van der Waals surface area (Å²) in [7, 11) is 3.52. The number of hydrogen-bond acceptors (Lipinski definition) is 8. The molecule has 0 amide bonds. The van der Waals surface area contributed by atoms with E-state index in [1.54, 1.807) is 7.11 Å². The van der Waals surface area contributed by atoms with E-state index >= 15 is 0 Å². The Morgan fingerprint density at radius 1 is 1.08 bits per heavy atom. The molecular formula is C29H28N6O3. The van der Waals surface area contributed by atoms with E-state index in [1.165, 1.54) is 12.4 Å². The molecule has 9 heteroatoms. The highest BCUT2D eigenvalue weighted by Crippen LogP contribution is 2.43. The van der Waals surface area contributed by atoms with Crippen molar-refractivity contribution in [1.82, 2.24) is 19.5 Å². The lowest BCUT2D eigenvalue weighted by Gasteiger charge is -2.16. The van der Waals surface area contributed by atoms with Crippen LogP contribution in [0.5, 0.6) is 17.4 Å². The van der Waals surface area contributed by atoms with Crippen molar-refractivity contribution in [3.8, 4) is 39.8 Å². The standard InChI is InChI=1S/C29H28N6O3/c1-5-23(36)34-21-14-11-19(15-22(21)37-4)27-25(26-28(30)31-16-32-29(26)35(27)3)18-9-12-20(13-10-18)38-24-8-6-7-17(2)33-24/h5-16,23,34,36H,1H2,2-4H3,(H2,30,31,32). The van der Waals surface area contributed by atoms with Gasteiger partial charge in [0.2, 0.25) is 5.88 Å². The van der Waals surface area contributed by atoms with E-state index < -0.39 is 6.23 Å². The molecule has 0 saturated heterocycles. The number of nitrogens with zero attached hydrogens (tertiary/aromatic N) is 4. The number of nitrogen functional groups attached to an aromatic ring is 1. The number of aromatic nitrogens is 4. The van der Waals surface area contributed by atoms with Crippen LogP contribution in [0.25, 0.3) is 33.4 Å². The lowest BCUT2D eigenvalue weighted by atomic mass is 9.98. The van der Waals surface area contributed by atoms with Gasteiger partial charge in [0.15, 0.2) is 0 Å². The average Bonchev–Trinajstić information content (AvgIpc) is 3.22. The molecule has 192 valence electrons. The van der Waals surface area contributed by atoms with E-state index in [9.17, 15) is 5.11 Å². The van der Waals surface area contributed by atoms with Crippen LogP contribution < -0.4 is 20.5 Å². The molecule has 9 nitrogen and oxygen atoms in total. The molecule has 0 spiro atoms. The summed E-state index contributed by atoms with van der Waals surface area (Å²) in [5, 5.41) is 13.7. The van der Waals surface area contributed by atoms with Crippen LogP contribution in [0.2, 0.25) is 0 Å². The molecule has 0 saturated carbocycles. The SMILES string of the molecule is C=CC(O)Nc1ccc(-c2c(-c3ccc(Oc4cccc(C)n4)cc3)c3c(N)ncnc3n2C)cc1OC. The van der Waals surface area contributed by atoms with E-state index in [0.29, 0.717) is 34.5 Å². The fourth-order valence-electron chi connectivity index (χ4n) is 4.46. The zero-order valence-corrected chi connectivity index (χ0v) is 21.3. The van der Waals surface area contributed by atoms with Crippen LogP contribution in [-0.4, -0.2) is 38.0 Å². The lowest BCUT2D eigenvalue weighted by Crippen LogP contribution is -2.15. The summed E-state index contributed by atoms with van der Waals surface area (Å²) in [5.41, 5.74) is 12.2. The van der Waals surface area contributed by atoms with Crippen molar-refractivity contribution in [2.75, 3.05) is 18.2 Å². The van der Waals surface area contributed by atoms with Gasteiger partial charge >= 0.3 is 0 Å². The van der Waals surface area contributed by atoms with E-state index in [0.717, 1.165) is 33.5 Å². The fraction of sp³-hybridized carbons (Fsp3) is 0.138. The minimum atomic E-state index is -0.909. The first-order valence-electron chi connectivity index (χ1n) is 12.0. The molecule has 1 atom stereocenters. The molecule has 5 rings (SSSR count). The van der Waals surface area contributed by atoms with Crippen molar-refractivity contribution in [2.45, 2.75) is 13.2 Å². The van der Waals surface area contributed by atoms with E-state index in [-0.39, 0.29) is 0 Å². The Balaban J connectivity index is 1.63. The van der Waals surface area contributed by atoms with Gasteiger partial charge in [-0.25, -0.2) is 15.0 Å². The predicted octanol–water partition coefficient (Wildman–Crippen LogP) is 5.31. The molecule has 0 radical (unpaired) electrons. The maximum absolute atomic E-state index is 9.98. The van der Waals surface area contributed by atoms with Gasteiger partial charge in [-0.15, -0.1) is 0 Å². The van der Waals surface area contributed by atoms with Gasteiger partial charge in [-0.05, 0) is 48.9 Å². The number of aliphatic hydroxyl groups is 1. The average molecular weight is 509 g/mol. The molecule has 38 heavy (non-hydrogen) atoms. The highest BCUT2D eigenvalue weighted by Gasteiger charge is 2.23. The van der Waals surface area contributed by atoms with Crippen molar-refractivity contribution < 1.29 is 14.6 Å². The van der Waals surface area contributed by atoms with Crippen LogP contribution in [0.4, 0.5) is 11.5 Å². The summed E-state index contributed by atoms with van der Waals surface area (Å²) in [5.74, 6) is 2.14. The molecule has 1 unspecified atom stereocenters. The second-order valence-corrected chi connectivity index (χ2v) is 8.72. The summed E-state index contributed by atoms with van der Waals surface area (Å²) < 4.78 is 13.6. The molecular weight excluding hydrogens is 480 g/mol. The predicted molar refractivity (Wildman–Crippen MR) is 149 cm³/mol. The molecule has 4 N–H and O–H groups in total. The van der Waals surface area contributed by atoms with E-state index in [2.05, 4.69) is 26.8 Å². The molecule has 0 aliphatic carbocycles. The van der Waals surface area contributed by atoms with Gasteiger partial charge in [0.05, 0.1) is 23.9 Å². The topological polar surface area (TPSA) is 120 Å². The number of rotatable bonds is 8. The summed E-state index contributed by atoms with van der Waals surface area (Å²) in [4.78, 5) is 13.2. The van der Waals surface area contributed by atoms with Gasteiger partial charge in [0.1, 0.15) is 35.5 Å². The first kappa shape index (κ1) is 24.8. The fourth-order valence-corrected chi connectivity index (χ4v) is 4.46. The summed E-state index contributed by atoms with van der Waals surface area (Å²) in [6.45, 7) is 5.53. The van der Waals surface area contributed by atoms with Gasteiger partial charge in [0.25, 0.3) is 0 Å². The summed E-state index contributed by atoms with van der Waals surface area (Å²) in [6.07, 6.45) is 1.95. The van der Waals surface area contributed by atoms with Gasteiger partial charge in [-0.1, -0.05) is 30.8 Å². The van der Waals surface area contributed by atoms with Crippen LogP contribution in [0.15, 0.2) is 79.6 Å². The highest BCUT2D eigenvalue weighted by molar-refractivity contribution is 6.07. The second kappa shape index (κ2) is 10.2. The Bertz CT molecular complexity index is 1630. The molecule has 3 heterocycles. The van der Waals surface area contributed by atoms with Gasteiger partial charge < -0.3 is 30.2 Å². The van der Waals surface area contributed by atoms with E-state index in [1.807, 2.05) is 79.2 Å². The number of benzene rings is 2. The lowest BCUT2D eigenvalue weighted by molar-refractivity contribution is 0.252. The smallest absolute Gasteiger partial charge is 0.219 e. The maximum atomic E-state index is 9.98. The van der Waals surface area contributed by atoms with Crippen molar-refractivity contribution >= 4 is 22.5 Å². The normalized spacial score (nSPS) is 11.8. The Morgan fingerprint density at radius 3 is 2.55 bits per heavy atom. The molecule has 0 aliphatic heterocycles. The van der Waals surface area contributed by atoms with Crippen LogP contribution in [0.1, 0.15) is 5.69 Å². The molecule has 3 aromatic heterocycles. The number of anilines is 2. The van der Waals surface area contributed by atoms with Gasteiger partial charge in [0, 0.05) is 29.9 Å². The number of hydrogen-bond donors (Lipinski definition) is 3. The summed E-state index contributed by atoms with van der Waals surface area (Å²) >= 11 is 0. The minimum absolute atomic E-state index is 0.385. The van der Waals surface area contributed by atoms with Gasteiger partial charge in [-0.2, -0.15) is 0 Å². The van der Waals surface area contributed by atoms with Crippen molar-refractivity contribution in [2.24, 2.45) is 7.05 Å². The molecule has 5 aromatic rings. The largest absolute Gasteiger partial charge is 0.495 e. The Kier molecular flexibility index (Phi) is 6.68. The highest BCUT2D eigenvalue weighted by atomic mass is 16.5. The number of methoxy groups -OCH3 is 1. The summed E-state index contributed by atoms with van der Waals surface area (Å²) in [6, 6.07) is 19.1. The van der Waals surface area contributed by atoms with Crippen LogP contribution in [0, 0.1) is 6.92 Å². The number of pyridine rings is 1. The van der Waals surface area contributed by atoms with Crippen molar-refractivity contribution in [3.63, 3.8) is 0 Å². The van der Waals surface area contributed by atoms with Gasteiger partial charge in [-0.3, -0.25) is 0 Å². The first-order valence-corrected chi connectivity index (χ1v) is 12.0. The molecule has 2 aromatic carbocycles. The zero-order chi connectivity index (χ0) is 26.8. The number of aliphatic hydroxyl groups excluding tert-OH is 1. The van der Waals surface area contributed by atoms with Crippen molar-refractivity contribution in [1.29, 1.82) is 0 Å². The van der Waals surface area contributed by atoms with Crippen LogP contribution in [-0.2, 0) is 7.05 Å². The van der Waals surface area contributed by atoms with Crippen molar-refractivity contribution in [3.05, 3.63) is 85.3 Å². The quantitative estimate of drug-likeness (QED) is 0.191. The monoisotopic (exact) mass is 508 g/mol. The number of nitrogens with two attached hydrogens (primary N) is 1. The Hall–Kier alpha value is -4.89. The van der Waals surface area contributed by atoms with Crippen LogP contribution >= 0.6 is 0 Å². The number of fused-ring (bicyclic) bond motifs is 1. The molecule has 0 bridgehead atoms. The third kappa shape index (κ3) is 4.62. The third-order valence-electron chi connectivity index (χ3n) is 6.23. The minimum Gasteiger partial charge on any atom is -0.495 e.